The van der Waals surface area contributed by atoms with E-state index >= 15 is 0 Å². The Morgan fingerprint density at radius 2 is 1.61 bits per heavy atom. The monoisotopic (exact) mass is 801 g/mol. The molecule has 2 fully saturated rings. The third-order valence-electron chi connectivity index (χ3n) is 9.76. The number of carbonyl (C=O) groups excluding carboxylic acids is 3. The number of ether oxygens (including phenoxy) is 5. The summed E-state index contributed by atoms with van der Waals surface area (Å²) < 4.78 is 29.2. The molecule has 1 aromatic heterocycles. The molecule has 0 spiro atoms. The van der Waals surface area contributed by atoms with Crippen LogP contribution >= 0.6 is 21.6 Å². The van der Waals surface area contributed by atoms with E-state index in [0.29, 0.717) is 48.6 Å². The van der Waals surface area contributed by atoms with Gasteiger partial charge in [-0.15, -0.1) is 0 Å². The molecule has 3 unspecified atom stereocenters. The van der Waals surface area contributed by atoms with Crippen LogP contribution in [0, 0.1) is 0 Å². The van der Waals surface area contributed by atoms with Crippen molar-refractivity contribution in [3.05, 3.63) is 84.1 Å². The number of aliphatic hydroxyl groups excluding tert-OH is 1. The molecule has 3 amide bonds. The van der Waals surface area contributed by atoms with Crippen LogP contribution in [0.1, 0.15) is 46.9 Å². The van der Waals surface area contributed by atoms with E-state index in [1.165, 1.54) is 52.8 Å². The molecule has 294 valence electrons. The van der Waals surface area contributed by atoms with Crippen LogP contribution in [-0.2, 0) is 4.74 Å². The van der Waals surface area contributed by atoms with Gasteiger partial charge in [0, 0.05) is 49.3 Å². The van der Waals surface area contributed by atoms with Gasteiger partial charge in [0.05, 0.1) is 62.0 Å². The number of benzene rings is 2. The van der Waals surface area contributed by atoms with Crippen molar-refractivity contribution in [2.45, 2.75) is 54.8 Å². The minimum absolute atomic E-state index is 0.0449. The van der Waals surface area contributed by atoms with Gasteiger partial charge in [-0.05, 0) is 54.8 Å². The van der Waals surface area contributed by atoms with Gasteiger partial charge in [-0.3, -0.25) is 14.6 Å². The van der Waals surface area contributed by atoms with Crippen molar-refractivity contribution in [3.8, 4) is 23.0 Å². The van der Waals surface area contributed by atoms with Gasteiger partial charge in [0.1, 0.15) is 11.6 Å². The van der Waals surface area contributed by atoms with Crippen LogP contribution < -0.4 is 23.8 Å². The highest BCUT2D eigenvalue weighted by molar-refractivity contribution is 8.76. The summed E-state index contributed by atoms with van der Waals surface area (Å²) in [5.74, 6) is 0.844. The van der Waals surface area contributed by atoms with E-state index in [1.54, 1.807) is 29.4 Å². The van der Waals surface area contributed by atoms with Crippen molar-refractivity contribution in [1.29, 1.82) is 0 Å². The van der Waals surface area contributed by atoms with Crippen LogP contribution in [0.25, 0.3) is 0 Å². The molecule has 1 N–H and O–H groups in total. The molecule has 4 aliphatic heterocycles. The third kappa shape index (κ3) is 8.04. The van der Waals surface area contributed by atoms with Crippen molar-refractivity contribution in [2.24, 2.45) is 4.99 Å². The Morgan fingerprint density at radius 3 is 2.32 bits per heavy atom. The summed E-state index contributed by atoms with van der Waals surface area (Å²) in [5.41, 5.74) is 2.97. The van der Waals surface area contributed by atoms with Crippen molar-refractivity contribution >= 4 is 57.1 Å². The Labute approximate surface area is 332 Å². The average molecular weight is 802 g/mol. The van der Waals surface area contributed by atoms with E-state index in [-0.39, 0.29) is 72.2 Å². The predicted octanol–water partition coefficient (Wildman–Crippen LogP) is 6.31. The Morgan fingerprint density at radius 1 is 0.929 bits per heavy atom. The van der Waals surface area contributed by atoms with Crippen LogP contribution in [0.4, 0.5) is 16.2 Å². The second kappa shape index (κ2) is 16.9. The molecule has 14 nitrogen and oxygen atoms in total. The fourth-order valence-electron chi connectivity index (χ4n) is 7.03. The molecule has 16 heteroatoms. The SMILES string of the molecule is C=C1CC2C=Nc3cc(OCCCOc4cc5c(cc4OC)C(=O)N4CC(=C)C[C@H]4C(O)N5C(=O)OCC(C)SSc4ccccn4)c(OC)cc3C(=O)N2C1. The summed E-state index contributed by atoms with van der Waals surface area (Å²) in [4.78, 5) is 54.4. The van der Waals surface area contributed by atoms with E-state index in [0.717, 1.165) is 21.1 Å². The van der Waals surface area contributed by atoms with E-state index in [9.17, 15) is 19.5 Å². The van der Waals surface area contributed by atoms with Gasteiger partial charge in [-0.25, -0.2) is 14.7 Å². The summed E-state index contributed by atoms with van der Waals surface area (Å²) in [7, 11) is 5.94. The van der Waals surface area contributed by atoms with Crippen LogP contribution in [-0.4, -0.2) is 115 Å². The summed E-state index contributed by atoms with van der Waals surface area (Å²) in [6, 6.07) is 11.2. The molecule has 4 aliphatic rings. The maximum absolute atomic E-state index is 13.9. The van der Waals surface area contributed by atoms with Crippen LogP contribution in [0.2, 0.25) is 0 Å². The lowest BCUT2D eigenvalue weighted by atomic mass is 10.1. The van der Waals surface area contributed by atoms with Crippen molar-refractivity contribution < 1.29 is 43.2 Å². The maximum Gasteiger partial charge on any atom is 0.416 e. The smallest absolute Gasteiger partial charge is 0.416 e. The van der Waals surface area contributed by atoms with Gasteiger partial charge < -0.3 is 38.6 Å². The topological polar surface area (TPSA) is 153 Å². The Hall–Kier alpha value is -5.19. The van der Waals surface area contributed by atoms with Gasteiger partial charge in [0.15, 0.2) is 29.2 Å². The minimum Gasteiger partial charge on any atom is -0.493 e. The van der Waals surface area contributed by atoms with Gasteiger partial charge in [-0.2, -0.15) is 0 Å². The number of amides is 3. The highest BCUT2D eigenvalue weighted by Gasteiger charge is 2.46. The summed E-state index contributed by atoms with van der Waals surface area (Å²) in [6.07, 6.45) is 2.68. The number of nitrogens with zero attached hydrogens (tertiary/aromatic N) is 5. The van der Waals surface area contributed by atoms with Crippen molar-refractivity contribution in [1.82, 2.24) is 14.8 Å². The lowest BCUT2D eigenvalue weighted by Gasteiger charge is -2.31. The van der Waals surface area contributed by atoms with Crippen LogP contribution in [0.5, 0.6) is 23.0 Å². The van der Waals surface area contributed by atoms with Crippen molar-refractivity contribution in [2.75, 3.05) is 52.0 Å². The Balaban J connectivity index is 1.05. The molecule has 0 radical (unpaired) electrons. The highest BCUT2D eigenvalue weighted by atomic mass is 33.1. The van der Waals surface area contributed by atoms with Gasteiger partial charge in [-0.1, -0.05) is 41.2 Å². The molecule has 3 aromatic rings. The van der Waals surface area contributed by atoms with E-state index in [1.807, 2.05) is 25.1 Å². The maximum atomic E-state index is 13.9. The first-order valence-electron chi connectivity index (χ1n) is 18.1. The van der Waals surface area contributed by atoms with Crippen molar-refractivity contribution in [3.63, 3.8) is 0 Å². The largest absolute Gasteiger partial charge is 0.493 e. The fraction of sp³-hybridized carbons (Fsp3) is 0.375. The normalized spacial score (nSPS) is 20.4. The molecular weight excluding hydrogens is 759 g/mol. The molecule has 7 rings (SSSR count). The number of aliphatic imine (C=N–C) groups is 1. The summed E-state index contributed by atoms with van der Waals surface area (Å²) in [6.45, 7) is 11.2. The average Bonchev–Trinajstić information content (AvgIpc) is 3.74. The number of rotatable bonds is 13. The molecule has 2 saturated heterocycles. The molecule has 0 aliphatic carbocycles. The van der Waals surface area contributed by atoms with Crippen LogP contribution in [0.15, 0.2) is 83.0 Å². The predicted molar refractivity (Wildman–Crippen MR) is 214 cm³/mol. The van der Waals surface area contributed by atoms with Gasteiger partial charge in [0.25, 0.3) is 11.8 Å². The lowest BCUT2D eigenvalue weighted by Crippen LogP contribution is -2.51. The second-order valence-electron chi connectivity index (χ2n) is 13.8. The number of hydrogen-bond acceptors (Lipinski definition) is 13. The number of pyridine rings is 1. The third-order valence-corrected chi connectivity index (χ3v) is 12.5. The fourth-order valence-corrected chi connectivity index (χ4v) is 8.90. The first-order valence-corrected chi connectivity index (χ1v) is 20.3. The Bertz CT molecular complexity index is 2060. The summed E-state index contributed by atoms with van der Waals surface area (Å²) >= 11 is 0. The lowest BCUT2D eigenvalue weighted by molar-refractivity contribution is 0.0491. The first-order chi connectivity index (χ1) is 27.1. The first kappa shape index (κ1) is 39.1. The summed E-state index contributed by atoms with van der Waals surface area (Å²) in [5, 5.41) is 12.4. The number of anilines is 1. The minimum atomic E-state index is -1.42. The zero-order chi connectivity index (χ0) is 39.5. The number of carbonyl (C=O) groups is 3. The highest BCUT2D eigenvalue weighted by Crippen LogP contribution is 2.43. The molecule has 0 bridgehead atoms. The van der Waals surface area contributed by atoms with Gasteiger partial charge >= 0.3 is 6.09 Å². The standard InChI is InChI=1S/C40H43N5O9S2/c1-23-13-26-19-42-29-17-34(32(50-4)15-27(29)37(46)43(26)20-23)52-11-8-12-53-35-18-30-28(16-33(35)51-5)38(47)44-21-24(2)14-31(44)39(48)45(30)40(49)54-22-25(3)55-56-36-9-6-7-10-41-36/h6-7,9-10,15-19,25-26,31,39,48H,1-2,8,11-14,20-22H2,3-5H3/t25?,26?,31-,39?/m0/s1. The number of hydrogen-bond donors (Lipinski definition) is 1. The van der Waals surface area contributed by atoms with E-state index in [2.05, 4.69) is 23.1 Å². The number of aliphatic hydroxyl groups is 1. The molecule has 2 aromatic carbocycles. The van der Waals surface area contributed by atoms with E-state index in [4.69, 9.17) is 23.7 Å². The molecule has 56 heavy (non-hydrogen) atoms. The second-order valence-corrected chi connectivity index (χ2v) is 16.5. The number of aromatic nitrogens is 1. The number of fused-ring (bicyclic) bond motifs is 4. The van der Waals surface area contributed by atoms with E-state index < -0.39 is 18.4 Å². The number of methoxy groups -OCH3 is 2. The molecule has 5 heterocycles. The quantitative estimate of drug-likeness (QED) is 0.117. The van der Waals surface area contributed by atoms with Gasteiger partial charge in [0.2, 0.25) is 0 Å². The zero-order valence-corrected chi connectivity index (χ0v) is 33.0. The molecule has 4 atom stereocenters. The molecular formula is C40H43N5O9S2. The Kier molecular flexibility index (Phi) is 11.8. The molecule has 0 saturated carbocycles. The van der Waals surface area contributed by atoms with Crippen LogP contribution in [0.3, 0.4) is 0 Å². The zero-order valence-electron chi connectivity index (χ0n) is 31.3.